The van der Waals surface area contributed by atoms with Crippen LogP contribution in [0.4, 0.5) is 0 Å². The van der Waals surface area contributed by atoms with Crippen molar-refractivity contribution in [3.05, 3.63) is 82.3 Å². The molecule has 2 aromatic carbocycles. The molecule has 2 heteroatoms. The molecule has 144 valence electrons. The molecular weight excluding hydrogens is 332 g/mol. The highest BCUT2D eigenvalue weighted by Gasteiger charge is 2.26. The molecule has 0 saturated carbocycles. The van der Waals surface area contributed by atoms with E-state index in [9.17, 15) is 0 Å². The first kappa shape index (κ1) is 20.8. The van der Waals surface area contributed by atoms with Gasteiger partial charge in [0.2, 0.25) is 0 Å². The minimum atomic E-state index is -0.144. The standard InChI is InChI=1S/C25H32O2/c1-15(2)26-23-17(5)11-21(12-18(23)6)25(9,10)22-13-19(7)24(20(8)14-22)27-16(3)4/h11-14H,1,3H2,2,4-10H3. The lowest BCUT2D eigenvalue weighted by Crippen LogP contribution is -2.20. The maximum atomic E-state index is 5.82. The van der Waals surface area contributed by atoms with Crippen molar-refractivity contribution in [3.8, 4) is 11.5 Å². The van der Waals surface area contributed by atoms with E-state index in [2.05, 4.69) is 79.0 Å². The highest BCUT2D eigenvalue weighted by molar-refractivity contribution is 5.52. The summed E-state index contributed by atoms with van der Waals surface area (Å²) in [6.45, 7) is 24.3. The van der Waals surface area contributed by atoms with Crippen molar-refractivity contribution in [1.29, 1.82) is 0 Å². The highest BCUT2D eigenvalue weighted by atomic mass is 16.5. The van der Waals surface area contributed by atoms with Gasteiger partial charge in [0.25, 0.3) is 0 Å². The van der Waals surface area contributed by atoms with E-state index in [4.69, 9.17) is 9.47 Å². The second-order valence-electron chi connectivity index (χ2n) is 8.11. The van der Waals surface area contributed by atoms with Crippen LogP contribution in [0.15, 0.2) is 48.9 Å². The Balaban J connectivity index is 2.53. The summed E-state index contributed by atoms with van der Waals surface area (Å²) in [6.07, 6.45) is 0. The molecule has 0 atom stereocenters. The number of rotatable bonds is 6. The predicted octanol–water partition coefficient (Wildman–Crippen LogP) is 7.07. The van der Waals surface area contributed by atoms with Crippen LogP contribution in [0, 0.1) is 27.7 Å². The van der Waals surface area contributed by atoms with Crippen LogP contribution in [0.3, 0.4) is 0 Å². The van der Waals surface area contributed by atoms with Crippen molar-refractivity contribution in [2.24, 2.45) is 0 Å². The van der Waals surface area contributed by atoms with Crippen LogP contribution in [-0.2, 0) is 5.41 Å². The third-order valence-electron chi connectivity index (χ3n) is 4.92. The fourth-order valence-corrected chi connectivity index (χ4v) is 3.46. The van der Waals surface area contributed by atoms with Crippen molar-refractivity contribution in [3.63, 3.8) is 0 Å². The van der Waals surface area contributed by atoms with Crippen LogP contribution in [0.2, 0.25) is 0 Å². The molecule has 0 aliphatic rings. The number of hydrogen-bond acceptors (Lipinski definition) is 2. The molecule has 0 amide bonds. The molecule has 2 aromatic rings. The first-order valence-corrected chi connectivity index (χ1v) is 9.33. The van der Waals surface area contributed by atoms with Crippen molar-refractivity contribution in [2.75, 3.05) is 0 Å². The maximum Gasteiger partial charge on any atom is 0.132 e. The molecule has 0 aliphatic carbocycles. The van der Waals surface area contributed by atoms with Gasteiger partial charge in [-0.3, -0.25) is 0 Å². The Labute approximate surface area is 164 Å². The Morgan fingerprint density at radius 3 is 1.15 bits per heavy atom. The second-order valence-corrected chi connectivity index (χ2v) is 8.11. The molecule has 0 bridgehead atoms. The molecule has 0 radical (unpaired) electrons. The molecule has 0 spiro atoms. The van der Waals surface area contributed by atoms with Crippen LogP contribution >= 0.6 is 0 Å². The van der Waals surface area contributed by atoms with E-state index in [-0.39, 0.29) is 5.41 Å². The van der Waals surface area contributed by atoms with Crippen LogP contribution in [0.25, 0.3) is 0 Å². The molecule has 0 unspecified atom stereocenters. The third-order valence-corrected chi connectivity index (χ3v) is 4.92. The van der Waals surface area contributed by atoms with Crippen molar-refractivity contribution >= 4 is 0 Å². The maximum absolute atomic E-state index is 5.82. The Morgan fingerprint density at radius 2 is 0.926 bits per heavy atom. The normalized spacial score (nSPS) is 11.3. The predicted molar refractivity (Wildman–Crippen MR) is 115 cm³/mol. The molecular formula is C25H32O2. The van der Waals surface area contributed by atoms with Crippen LogP contribution in [0.1, 0.15) is 61.1 Å². The molecule has 0 N–H and O–H groups in total. The van der Waals surface area contributed by atoms with Gasteiger partial charge >= 0.3 is 0 Å². The number of benzene rings is 2. The second kappa shape index (κ2) is 7.64. The van der Waals surface area contributed by atoms with Gasteiger partial charge in [-0.15, -0.1) is 0 Å². The van der Waals surface area contributed by atoms with Crippen LogP contribution < -0.4 is 9.47 Å². The van der Waals surface area contributed by atoms with Gasteiger partial charge in [0, 0.05) is 5.41 Å². The number of ether oxygens (including phenoxy) is 2. The van der Waals surface area contributed by atoms with Gasteiger partial charge in [0.15, 0.2) is 0 Å². The van der Waals surface area contributed by atoms with E-state index in [1.807, 2.05) is 13.8 Å². The summed E-state index contributed by atoms with van der Waals surface area (Å²) in [4.78, 5) is 0. The van der Waals surface area contributed by atoms with Gasteiger partial charge in [-0.2, -0.15) is 0 Å². The Hall–Kier alpha value is -2.48. The largest absolute Gasteiger partial charge is 0.462 e. The van der Waals surface area contributed by atoms with Crippen molar-refractivity contribution in [2.45, 2.75) is 60.8 Å². The van der Waals surface area contributed by atoms with E-state index in [1.54, 1.807) is 0 Å². The summed E-state index contributed by atoms with van der Waals surface area (Å²) in [5.74, 6) is 3.21. The van der Waals surface area contributed by atoms with E-state index < -0.39 is 0 Å². The Morgan fingerprint density at radius 1 is 0.667 bits per heavy atom. The van der Waals surface area contributed by atoms with Gasteiger partial charge in [-0.05, 0) is 74.9 Å². The smallest absolute Gasteiger partial charge is 0.132 e. The molecule has 0 fully saturated rings. The summed E-state index contributed by atoms with van der Waals surface area (Å²) in [5, 5.41) is 0. The number of aryl methyl sites for hydroxylation is 4. The lowest BCUT2D eigenvalue weighted by molar-refractivity contribution is 0.423. The van der Waals surface area contributed by atoms with Gasteiger partial charge in [-0.1, -0.05) is 51.3 Å². The topological polar surface area (TPSA) is 18.5 Å². The summed E-state index contributed by atoms with van der Waals surface area (Å²) < 4.78 is 11.6. The highest BCUT2D eigenvalue weighted by Crippen LogP contribution is 2.39. The number of hydrogen-bond donors (Lipinski definition) is 0. The molecule has 0 saturated heterocycles. The average Bonchev–Trinajstić information content (AvgIpc) is 2.53. The van der Waals surface area contributed by atoms with Gasteiger partial charge in [0.1, 0.15) is 11.5 Å². The van der Waals surface area contributed by atoms with Crippen LogP contribution in [0.5, 0.6) is 11.5 Å². The van der Waals surface area contributed by atoms with Crippen molar-refractivity contribution in [1.82, 2.24) is 0 Å². The lowest BCUT2D eigenvalue weighted by Gasteiger charge is -2.29. The quantitative estimate of drug-likeness (QED) is 0.510. The summed E-state index contributed by atoms with van der Waals surface area (Å²) >= 11 is 0. The van der Waals surface area contributed by atoms with E-state index >= 15 is 0 Å². The number of allylic oxidation sites excluding steroid dienone is 2. The molecule has 0 aromatic heterocycles. The van der Waals surface area contributed by atoms with E-state index in [0.29, 0.717) is 11.5 Å². The molecule has 2 nitrogen and oxygen atoms in total. The van der Waals surface area contributed by atoms with Gasteiger partial charge in [-0.25, -0.2) is 0 Å². The van der Waals surface area contributed by atoms with E-state index in [0.717, 1.165) is 33.8 Å². The molecule has 0 aliphatic heterocycles. The Bertz CT molecular complexity index is 781. The molecule has 0 heterocycles. The monoisotopic (exact) mass is 364 g/mol. The molecule has 2 rings (SSSR count). The summed E-state index contributed by atoms with van der Waals surface area (Å²) in [5.41, 5.74) is 6.87. The first-order chi connectivity index (χ1) is 12.4. The fraction of sp³-hybridized carbons (Fsp3) is 0.360. The van der Waals surface area contributed by atoms with Gasteiger partial charge < -0.3 is 9.47 Å². The van der Waals surface area contributed by atoms with E-state index in [1.165, 1.54) is 11.1 Å². The minimum absolute atomic E-state index is 0.144. The Kier molecular flexibility index (Phi) is 5.89. The average molecular weight is 365 g/mol. The zero-order valence-corrected chi connectivity index (χ0v) is 18.0. The van der Waals surface area contributed by atoms with Crippen LogP contribution in [-0.4, -0.2) is 0 Å². The molecule has 27 heavy (non-hydrogen) atoms. The first-order valence-electron chi connectivity index (χ1n) is 9.33. The summed E-state index contributed by atoms with van der Waals surface area (Å²) in [7, 11) is 0. The lowest BCUT2D eigenvalue weighted by atomic mass is 9.76. The van der Waals surface area contributed by atoms with Crippen molar-refractivity contribution < 1.29 is 9.47 Å². The summed E-state index contributed by atoms with van der Waals surface area (Å²) in [6, 6.07) is 8.87. The third kappa shape index (κ3) is 4.44. The fourth-order valence-electron chi connectivity index (χ4n) is 3.46. The zero-order chi connectivity index (χ0) is 20.5. The van der Waals surface area contributed by atoms with Gasteiger partial charge in [0.05, 0.1) is 11.5 Å². The minimum Gasteiger partial charge on any atom is -0.462 e. The zero-order valence-electron chi connectivity index (χ0n) is 18.0. The SMILES string of the molecule is C=C(C)Oc1c(C)cc(C(C)(C)c2cc(C)c(OC(=C)C)c(C)c2)cc1C.